The monoisotopic (exact) mass is 116 g/mol. The molecule has 0 saturated carbocycles. The van der Waals surface area contributed by atoms with E-state index in [4.69, 9.17) is 14.7 Å². The van der Waals surface area contributed by atoms with Crippen molar-refractivity contribution >= 4 is 7.94 Å². The zero-order valence-electron chi connectivity index (χ0n) is 3.34. The molecular weight excluding hydrogens is 107 g/mol. The molecule has 0 amide bonds. The Morgan fingerprint density at radius 1 is 1.17 bits per heavy atom. The van der Waals surface area contributed by atoms with Crippen molar-refractivity contribution in [2.75, 3.05) is 6.66 Å². The smallest absolute Gasteiger partial charge is 0.412 e. The second-order valence-electron chi connectivity index (χ2n) is 0.971. The Kier molecular flexibility index (Phi) is 3.89. The second-order valence-corrected chi connectivity index (χ2v) is 2.91. The van der Waals surface area contributed by atoms with E-state index < -0.39 is 7.94 Å². The molecule has 0 aromatic heterocycles. The standard InChI is InChI=1S/CH7O3P.H2O/c1-5(2,3)4;/h2-5H,1H3;1H2. The summed E-state index contributed by atoms with van der Waals surface area (Å²) in [5.41, 5.74) is 0. The summed E-state index contributed by atoms with van der Waals surface area (Å²) in [4.78, 5) is 23.3. The predicted octanol–water partition coefficient (Wildman–Crippen LogP) is -1.74. The minimum absolute atomic E-state index is 0. The van der Waals surface area contributed by atoms with Gasteiger partial charge in [0.1, 0.15) is 0 Å². The molecular formula is CH9O4P. The van der Waals surface area contributed by atoms with Crippen LogP contribution in [0.1, 0.15) is 0 Å². The van der Waals surface area contributed by atoms with Crippen LogP contribution in [-0.4, -0.2) is 26.8 Å². The summed E-state index contributed by atoms with van der Waals surface area (Å²) in [7, 11) is -3.61. The molecule has 0 heterocycles. The van der Waals surface area contributed by atoms with Crippen molar-refractivity contribution < 1.29 is 20.2 Å². The summed E-state index contributed by atoms with van der Waals surface area (Å²) in [6, 6.07) is 0. The molecule has 0 aliphatic carbocycles. The zero-order valence-corrected chi connectivity index (χ0v) is 4.34. The molecule has 0 radical (unpaired) electrons. The van der Waals surface area contributed by atoms with E-state index in [9.17, 15) is 0 Å². The van der Waals surface area contributed by atoms with E-state index in [1.165, 1.54) is 0 Å². The largest absolute Gasteiger partial charge is 0.412 e. The first-order chi connectivity index (χ1) is 2.00. The molecule has 0 aliphatic rings. The van der Waals surface area contributed by atoms with Gasteiger partial charge in [-0.2, -0.15) is 0 Å². The van der Waals surface area contributed by atoms with Crippen LogP contribution in [-0.2, 0) is 0 Å². The fraction of sp³-hybridized carbons (Fsp3) is 1.00. The molecule has 0 rings (SSSR count). The van der Waals surface area contributed by atoms with Crippen LogP contribution in [0.15, 0.2) is 0 Å². The molecule has 0 aromatic carbocycles. The predicted molar refractivity (Wildman–Crippen MR) is 24.5 cm³/mol. The van der Waals surface area contributed by atoms with E-state index in [2.05, 4.69) is 0 Å². The van der Waals surface area contributed by atoms with Crippen LogP contribution in [0, 0.1) is 0 Å². The molecule has 0 saturated heterocycles. The van der Waals surface area contributed by atoms with Crippen LogP contribution in [0.4, 0.5) is 0 Å². The number of hydrogen-bond donors (Lipinski definition) is 3. The van der Waals surface area contributed by atoms with Crippen molar-refractivity contribution in [2.24, 2.45) is 0 Å². The molecule has 0 fully saturated rings. The quantitative estimate of drug-likeness (QED) is 0.328. The molecule has 0 unspecified atom stereocenters. The Balaban J connectivity index is 0. The Labute approximate surface area is 35.9 Å². The zero-order chi connectivity index (χ0) is 4.50. The first-order valence-corrected chi connectivity index (χ1v) is 3.51. The third kappa shape index (κ3) is 626. The topological polar surface area (TPSA) is 92.2 Å². The molecule has 5 N–H and O–H groups in total. The van der Waals surface area contributed by atoms with Crippen molar-refractivity contribution in [3.05, 3.63) is 0 Å². The Morgan fingerprint density at radius 2 is 1.17 bits per heavy atom. The van der Waals surface area contributed by atoms with Gasteiger partial charge in [0.15, 0.2) is 0 Å². The van der Waals surface area contributed by atoms with Crippen molar-refractivity contribution in [3.63, 3.8) is 0 Å². The molecule has 5 heteroatoms. The van der Waals surface area contributed by atoms with Gasteiger partial charge in [-0.25, -0.2) is 0 Å². The molecule has 0 bridgehead atoms. The molecule has 4 nitrogen and oxygen atoms in total. The van der Waals surface area contributed by atoms with E-state index in [0.717, 1.165) is 6.66 Å². The van der Waals surface area contributed by atoms with Gasteiger partial charge in [0.25, 0.3) is 0 Å². The van der Waals surface area contributed by atoms with Crippen LogP contribution >= 0.6 is 7.94 Å². The van der Waals surface area contributed by atoms with Crippen LogP contribution in [0.3, 0.4) is 0 Å². The minimum Gasteiger partial charge on any atom is -0.412 e. The van der Waals surface area contributed by atoms with Crippen molar-refractivity contribution in [3.8, 4) is 0 Å². The van der Waals surface area contributed by atoms with Gasteiger partial charge in [0.05, 0.1) is 0 Å². The van der Waals surface area contributed by atoms with Gasteiger partial charge < -0.3 is 5.48 Å². The summed E-state index contributed by atoms with van der Waals surface area (Å²) in [6.45, 7) is 0.993. The summed E-state index contributed by atoms with van der Waals surface area (Å²) in [5, 5.41) is 0. The van der Waals surface area contributed by atoms with Gasteiger partial charge in [-0.1, -0.05) is 0 Å². The molecule has 6 heavy (non-hydrogen) atoms. The Morgan fingerprint density at radius 3 is 1.17 bits per heavy atom. The van der Waals surface area contributed by atoms with Gasteiger partial charge in [-0.05, 0) is 0 Å². The first kappa shape index (κ1) is 9.55. The Bertz CT molecular complexity index is 23.0. The summed E-state index contributed by atoms with van der Waals surface area (Å²) >= 11 is 0. The van der Waals surface area contributed by atoms with Crippen molar-refractivity contribution in [1.29, 1.82) is 0 Å². The fourth-order valence-electron chi connectivity index (χ4n) is 0. The van der Waals surface area contributed by atoms with Crippen molar-refractivity contribution in [2.45, 2.75) is 0 Å². The first-order valence-electron chi connectivity index (χ1n) is 1.17. The van der Waals surface area contributed by atoms with Crippen LogP contribution in [0.25, 0.3) is 0 Å². The summed E-state index contributed by atoms with van der Waals surface area (Å²) in [6.07, 6.45) is 0. The molecule has 42 valence electrons. The number of rotatable bonds is 0. The Hall–Kier alpha value is 0.270. The van der Waals surface area contributed by atoms with E-state index in [-0.39, 0.29) is 5.48 Å². The van der Waals surface area contributed by atoms with Crippen molar-refractivity contribution in [1.82, 2.24) is 0 Å². The molecule has 0 atom stereocenters. The van der Waals surface area contributed by atoms with Crippen LogP contribution in [0.5, 0.6) is 0 Å². The van der Waals surface area contributed by atoms with Crippen LogP contribution < -0.4 is 0 Å². The summed E-state index contributed by atoms with van der Waals surface area (Å²) < 4.78 is 0. The third-order valence-corrected chi connectivity index (χ3v) is 0. The second kappa shape index (κ2) is 2.44. The van der Waals surface area contributed by atoms with Crippen LogP contribution in [0.2, 0.25) is 0 Å². The van der Waals surface area contributed by atoms with Gasteiger partial charge in [0.2, 0.25) is 0 Å². The molecule has 0 aliphatic heterocycles. The average molecular weight is 116 g/mol. The molecule has 0 aromatic rings. The maximum absolute atomic E-state index is 7.77. The van der Waals surface area contributed by atoms with Gasteiger partial charge >= 0.3 is 29.3 Å². The van der Waals surface area contributed by atoms with Gasteiger partial charge in [-0.15, -0.1) is 0 Å². The van der Waals surface area contributed by atoms with E-state index in [1.807, 2.05) is 0 Å². The molecule has 0 spiro atoms. The maximum atomic E-state index is 7.77. The fourth-order valence-corrected chi connectivity index (χ4v) is 0. The van der Waals surface area contributed by atoms with E-state index in [1.54, 1.807) is 0 Å². The summed E-state index contributed by atoms with van der Waals surface area (Å²) in [5.74, 6) is 0. The third-order valence-electron chi connectivity index (χ3n) is 0. The normalized spacial score (nSPS) is 12.7. The number of hydrogen-bond acceptors (Lipinski definition) is 3. The average Bonchev–Trinajstić information content (AvgIpc) is 0.722. The van der Waals surface area contributed by atoms with E-state index >= 15 is 0 Å². The van der Waals surface area contributed by atoms with E-state index in [0.29, 0.717) is 0 Å². The maximum Gasteiger partial charge on any atom is -0.412 e. The SMILES string of the molecule is C[PH](O)(O)O.O. The minimum atomic E-state index is -3.61. The van der Waals surface area contributed by atoms with Gasteiger partial charge in [-0.3, -0.25) is 0 Å². The van der Waals surface area contributed by atoms with Gasteiger partial charge in [0, 0.05) is 0 Å².